The van der Waals surface area contributed by atoms with Crippen molar-refractivity contribution in [1.29, 1.82) is 0 Å². The van der Waals surface area contributed by atoms with Crippen LogP contribution in [-0.2, 0) is 53.0 Å². The fourth-order valence-electron chi connectivity index (χ4n) is 6.42. The Morgan fingerprint density at radius 1 is 0.463 bits per heavy atom. The maximum atomic E-state index is 11.5. The fourth-order valence-corrected chi connectivity index (χ4v) is 7.86. The summed E-state index contributed by atoms with van der Waals surface area (Å²) in [6, 6.07) is 62.6. The summed E-state index contributed by atoms with van der Waals surface area (Å²) in [7, 11) is -3.18. The lowest BCUT2D eigenvalue weighted by Crippen LogP contribution is -2.31. The molecule has 7 nitrogen and oxygen atoms in total. The summed E-state index contributed by atoms with van der Waals surface area (Å²) in [5.74, 6) is 0.947. The number of carbonyl (C=O) groups is 1. The van der Waals surface area contributed by atoms with Crippen molar-refractivity contribution in [3.63, 3.8) is 0 Å². The second-order valence-electron chi connectivity index (χ2n) is 18.3. The summed E-state index contributed by atoms with van der Waals surface area (Å²) < 4.78 is 25.5. The number of nitrogens with zero attached hydrogens (tertiary/aromatic N) is 1. The van der Waals surface area contributed by atoms with Crippen molar-refractivity contribution in [3.05, 3.63) is 215 Å². The van der Waals surface area contributed by atoms with Crippen LogP contribution >= 0.6 is 0 Å². The van der Waals surface area contributed by atoms with E-state index < -0.39 is 10.0 Å². The van der Waals surface area contributed by atoms with Crippen molar-refractivity contribution in [2.75, 3.05) is 0 Å². The largest absolute Gasteiger partial charge is 0.354 e. The monoisotopic (exact) mass is 927 g/mol. The van der Waals surface area contributed by atoms with Crippen LogP contribution in [0.3, 0.4) is 0 Å². The van der Waals surface area contributed by atoms with Crippen molar-refractivity contribution in [1.82, 2.24) is 20.3 Å². The van der Waals surface area contributed by atoms with E-state index in [0.717, 1.165) is 36.7 Å². The van der Waals surface area contributed by atoms with Crippen molar-refractivity contribution in [2.45, 2.75) is 138 Å². The minimum absolute atomic E-state index is 0.0476. The molecular weight excluding hydrogens is 845 g/mol. The minimum Gasteiger partial charge on any atom is -0.354 e. The van der Waals surface area contributed by atoms with Gasteiger partial charge in [-0.05, 0) is 93.7 Å². The van der Waals surface area contributed by atoms with E-state index in [0.29, 0.717) is 18.5 Å². The zero-order chi connectivity index (χ0) is 49.3. The molecule has 67 heavy (non-hydrogen) atoms. The molecule has 0 atom stereocenters. The van der Waals surface area contributed by atoms with E-state index in [1.165, 1.54) is 35.1 Å². The van der Waals surface area contributed by atoms with E-state index in [1.54, 1.807) is 12.1 Å². The smallest absolute Gasteiger partial charge is 0.224 e. The van der Waals surface area contributed by atoms with Gasteiger partial charge < -0.3 is 10.6 Å². The van der Waals surface area contributed by atoms with Gasteiger partial charge >= 0.3 is 0 Å². The first-order valence-electron chi connectivity index (χ1n) is 24.0. The summed E-state index contributed by atoms with van der Waals surface area (Å²) >= 11 is 0. The molecule has 0 fully saturated rings. The third kappa shape index (κ3) is 30.5. The molecule has 0 saturated heterocycles. The van der Waals surface area contributed by atoms with Gasteiger partial charge in [-0.15, -0.1) is 0 Å². The Balaban J connectivity index is 0.000000291. The molecular formula is C59H82N4O3S. The molecule has 0 saturated carbocycles. The van der Waals surface area contributed by atoms with Crippen molar-refractivity contribution < 1.29 is 13.2 Å². The topological polar surface area (TPSA) is 90.5 Å². The first-order chi connectivity index (χ1) is 32.0. The van der Waals surface area contributed by atoms with Crippen LogP contribution in [0.2, 0.25) is 0 Å². The lowest BCUT2D eigenvalue weighted by atomic mass is 10.0. The molecule has 0 aliphatic carbocycles. The van der Waals surface area contributed by atoms with E-state index in [1.807, 2.05) is 82.3 Å². The van der Waals surface area contributed by atoms with Crippen LogP contribution in [0.15, 0.2) is 182 Å². The quantitative estimate of drug-likeness (QED) is 0.0799. The Morgan fingerprint density at radius 2 is 0.836 bits per heavy atom. The van der Waals surface area contributed by atoms with E-state index in [9.17, 15) is 13.2 Å². The van der Waals surface area contributed by atoms with Crippen LogP contribution in [0.25, 0.3) is 0 Å². The van der Waals surface area contributed by atoms with Crippen LogP contribution in [0.5, 0.6) is 0 Å². The SMILES string of the molecule is CC(C)CCc1ccccc1.CC(C)N(Cc1ccccc1)Cc1ccccc1.CC(C)NC(=O)Cc1ccccc1.CC(C)NCc1ccccc1.CC(C)NS(=O)(=O)Cc1ccccc1. The number of nitrogens with one attached hydrogen (secondary N) is 3. The summed E-state index contributed by atoms with van der Waals surface area (Å²) in [5.41, 5.74) is 7.42. The molecule has 0 unspecified atom stereocenters. The van der Waals surface area contributed by atoms with E-state index in [4.69, 9.17) is 0 Å². The van der Waals surface area contributed by atoms with Crippen LogP contribution in [0, 0.1) is 5.92 Å². The maximum Gasteiger partial charge on any atom is 0.224 e. The first-order valence-corrected chi connectivity index (χ1v) is 25.7. The molecule has 0 heterocycles. The summed E-state index contributed by atoms with van der Waals surface area (Å²) in [4.78, 5) is 13.8. The average Bonchev–Trinajstić information content (AvgIpc) is 3.29. The molecule has 1 amide bonds. The summed E-state index contributed by atoms with van der Waals surface area (Å²) in [5, 5.41) is 6.21. The highest BCUT2D eigenvalue weighted by atomic mass is 32.2. The van der Waals surface area contributed by atoms with Gasteiger partial charge in [0.25, 0.3) is 0 Å². The predicted molar refractivity (Wildman–Crippen MR) is 286 cm³/mol. The molecule has 6 aromatic carbocycles. The van der Waals surface area contributed by atoms with Crippen LogP contribution in [0.4, 0.5) is 0 Å². The number of hydrogen-bond acceptors (Lipinski definition) is 5. The minimum atomic E-state index is -3.18. The van der Waals surface area contributed by atoms with Gasteiger partial charge in [0, 0.05) is 43.8 Å². The number of benzene rings is 6. The highest BCUT2D eigenvalue weighted by Crippen LogP contribution is 2.13. The lowest BCUT2D eigenvalue weighted by molar-refractivity contribution is -0.120. The highest BCUT2D eigenvalue weighted by molar-refractivity contribution is 7.88. The number of carbonyl (C=O) groups excluding carboxylic acids is 1. The zero-order valence-electron chi connectivity index (χ0n) is 42.2. The molecule has 0 aliphatic rings. The van der Waals surface area contributed by atoms with Crippen LogP contribution in [0.1, 0.15) is 109 Å². The molecule has 0 aromatic heterocycles. The van der Waals surface area contributed by atoms with Gasteiger partial charge in [0.1, 0.15) is 0 Å². The fraction of sp³-hybridized carbons (Fsp3) is 0.373. The Labute approximate surface area is 406 Å². The number of sulfonamides is 1. The maximum absolute atomic E-state index is 11.5. The van der Waals surface area contributed by atoms with Crippen LogP contribution < -0.4 is 15.4 Å². The van der Waals surface area contributed by atoms with Crippen molar-refractivity contribution >= 4 is 15.9 Å². The molecule has 362 valence electrons. The molecule has 8 heteroatoms. The Bertz CT molecular complexity index is 2120. The summed E-state index contributed by atoms with van der Waals surface area (Å²) in [6.07, 6.45) is 2.99. The Morgan fingerprint density at radius 3 is 1.19 bits per heavy atom. The second kappa shape index (κ2) is 34.0. The first kappa shape index (κ1) is 57.7. The molecule has 6 aromatic rings. The van der Waals surface area contributed by atoms with Gasteiger partial charge in [-0.1, -0.05) is 210 Å². The summed E-state index contributed by atoms with van der Waals surface area (Å²) in [6.45, 7) is 23.9. The number of aryl methyl sites for hydroxylation is 1. The van der Waals surface area contributed by atoms with E-state index >= 15 is 0 Å². The average molecular weight is 927 g/mol. The third-order valence-corrected chi connectivity index (χ3v) is 11.4. The Kier molecular flexibility index (Phi) is 29.3. The number of hydrogen-bond donors (Lipinski definition) is 3. The van der Waals surface area contributed by atoms with E-state index in [2.05, 4.69) is 177 Å². The molecule has 3 N–H and O–H groups in total. The normalized spacial score (nSPS) is 10.9. The van der Waals surface area contributed by atoms with Gasteiger partial charge in [-0.3, -0.25) is 9.69 Å². The van der Waals surface area contributed by atoms with Crippen molar-refractivity contribution in [3.8, 4) is 0 Å². The molecule has 6 rings (SSSR count). The lowest BCUT2D eigenvalue weighted by Gasteiger charge is -2.26. The highest BCUT2D eigenvalue weighted by Gasteiger charge is 2.12. The molecule has 0 aliphatic heterocycles. The standard InChI is InChI=1S/C17H21N.C11H15NO.C11H16.C10H15NO2S.C10H15N/c1-15(2)18(13-16-9-5-3-6-10-16)14-17-11-7-4-8-12-17;1-9(2)12-11(13)8-10-6-4-3-5-7-10;1-10(2)8-9-11-6-4-3-5-7-11;1-9(2)11-14(12,13)8-10-6-4-3-5-7-10;1-9(2)11-8-10-6-4-3-5-7-10/h3-12,15H,13-14H2,1-2H3;3-7,9H,8H2,1-2H3,(H,12,13);3-7,10H,8-9H2,1-2H3;3-7,9,11H,8H2,1-2H3;3-7,9,11H,8H2,1-2H3. The van der Waals surface area contributed by atoms with E-state index in [-0.39, 0.29) is 23.7 Å². The van der Waals surface area contributed by atoms with Gasteiger partial charge in [0.15, 0.2) is 0 Å². The van der Waals surface area contributed by atoms with Crippen LogP contribution in [-0.4, -0.2) is 43.4 Å². The van der Waals surface area contributed by atoms with Gasteiger partial charge in [-0.2, -0.15) is 0 Å². The Hall–Kier alpha value is -5.38. The number of rotatable bonds is 18. The molecule has 0 spiro atoms. The number of amides is 1. The van der Waals surface area contributed by atoms with Gasteiger partial charge in [-0.25, -0.2) is 13.1 Å². The third-order valence-electron chi connectivity index (χ3n) is 9.87. The van der Waals surface area contributed by atoms with Gasteiger partial charge in [0.05, 0.1) is 12.2 Å². The molecule has 0 radical (unpaired) electrons. The predicted octanol–water partition coefficient (Wildman–Crippen LogP) is 12.8. The van der Waals surface area contributed by atoms with Crippen molar-refractivity contribution in [2.24, 2.45) is 5.92 Å². The second-order valence-corrected chi connectivity index (χ2v) is 20.1. The zero-order valence-corrected chi connectivity index (χ0v) is 43.1. The van der Waals surface area contributed by atoms with Gasteiger partial charge in [0.2, 0.25) is 15.9 Å². The molecule has 0 bridgehead atoms.